The summed E-state index contributed by atoms with van der Waals surface area (Å²) in [4.78, 5) is 23.3. The van der Waals surface area contributed by atoms with Gasteiger partial charge in [0.05, 0.1) is 0 Å². The third kappa shape index (κ3) is 2.07. The third-order valence-electron chi connectivity index (χ3n) is 5.31. The van der Waals surface area contributed by atoms with E-state index >= 15 is 0 Å². The maximum Gasteiger partial charge on any atom is 0.326 e. The average molecular weight is 263 g/mol. The van der Waals surface area contributed by atoms with E-state index in [0.717, 1.165) is 11.8 Å². The van der Waals surface area contributed by atoms with Crippen LogP contribution in [0.5, 0.6) is 0 Å². The standard InChI is InChI=1S/C15H21NO3/c1-2-3-4-10(15(18)19)16-14(17)13-11-8-5-6-9(7-8)12(11)13/h2,8-13H,1,3-7H2,(H,16,17)(H,18,19). The summed E-state index contributed by atoms with van der Waals surface area (Å²) in [6.45, 7) is 3.59. The first kappa shape index (κ1) is 12.7. The lowest BCUT2D eigenvalue weighted by molar-refractivity contribution is -0.142. The van der Waals surface area contributed by atoms with Crippen LogP contribution in [0, 0.1) is 29.6 Å². The lowest BCUT2D eigenvalue weighted by Gasteiger charge is -2.15. The predicted molar refractivity (Wildman–Crippen MR) is 70.3 cm³/mol. The zero-order valence-corrected chi connectivity index (χ0v) is 11.0. The Morgan fingerprint density at radius 1 is 1.32 bits per heavy atom. The van der Waals surface area contributed by atoms with Crippen molar-refractivity contribution in [3.05, 3.63) is 12.7 Å². The van der Waals surface area contributed by atoms with Gasteiger partial charge in [0.15, 0.2) is 0 Å². The predicted octanol–water partition coefficient (Wildman–Crippen LogP) is 1.81. The average Bonchev–Trinajstić information content (AvgIpc) is 2.83. The molecule has 0 aromatic rings. The molecular formula is C15H21NO3. The van der Waals surface area contributed by atoms with Gasteiger partial charge >= 0.3 is 5.97 Å². The van der Waals surface area contributed by atoms with E-state index in [1.165, 1.54) is 19.3 Å². The highest BCUT2D eigenvalue weighted by Gasteiger charge is 2.67. The maximum absolute atomic E-state index is 12.2. The minimum absolute atomic E-state index is 0.0249. The van der Waals surface area contributed by atoms with Crippen LogP contribution in [0.3, 0.4) is 0 Å². The quantitative estimate of drug-likeness (QED) is 0.718. The molecule has 104 valence electrons. The van der Waals surface area contributed by atoms with Gasteiger partial charge < -0.3 is 10.4 Å². The molecule has 0 radical (unpaired) electrons. The van der Waals surface area contributed by atoms with Gasteiger partial charge in [-0.05, 0) is 55.8 Å². The molecule has 3 rings (SSSR count). The smallest absolute Gasteiger partial charge is 0.326 e. The zero-order chi connectivity index (χ0) is 13.6. The van der Waals surface area contributed by atoms with Crippen molar-refractivity contribution in [2.45, 2.75) is 38.1 Å². The number of amides is 1. The molecule has 0 spiro atoms. The molecule has 1 amide bonds. The molecule has 2 bridgehead atoms. The Morgan fingerprint density at radius 3 is 2.47 bits per heavy atom. The summed E-state index contributed by atoms with van der Waals surface area (Å²) in [5, 5.41) is 11.8. The molecule has 3 aliphatic rings. The van der Waals surface area contributed by atoms with Gasteiger partial charge in [-0.15, -0.1) is 6.58 Å². The fraction of sp³-hybridized carbons (Fsp3) is 0.733. The highest BCUT2D eigenvalue weighted by Crippen LogP contribution is 2.69. The minimum atomic E-state index is -0.941. The largest absolute Gasteiger partial charge is 0.480 e. The van der Waals surface area contributed by atoms with Crippen molar-refractivity contribution >= 4 is 11.9 Å². The summed E-state index contributed by atoms with van der Waals surface area (Å²) in [6, 6.07) is -0.760. The van der Waals surface area contributed by atoms with Gasteiger partial charge in [-0.1, -0.05) is 6.08 Å². The molecule has 0 aromatic carbocycles. The molecular weight excluding hydrogens is 242 g/mol. The number of carbonyl (C=O) groups is 2. The van der Waals surface area contributed by atoms with E-state index in [1.807, 2.05) is 0 Å². The second kappa shape index (κ2) is 4.66. The lowest BCUT2D eigenvalue weighted by atomic mass is 10.0. The van der Waals surface area contributed by atoms with Crippen LogP contribution in [-0.2, 0) is 9.59 Å². The van der Waals surface area contributed by atoms with Gasteiger partial charge in [0.2, 0.25) is 5.91 Å². The van der Waals surface area contributed by atoms with Crippen LogP contribution in [0.2, 0.25) is 0 Å². The number of fused-ring (bicyclic) bond motifs is 5. The van der Waals surface area contributed by atoms with Gasteiger partial charge in [-0.2, -0.15) is 0 Å². The van der Waals surface area contributed by atoms with Crippen LogP contribution in [-0.4, -0.2) is 23.0 Å². The molecule has 19 heavy (non-hydrogen) atoms. The summed E-state index contributed by atoms with van der Waals surface area (Å²) in [5.74, 6) is 1.74. The van der Waals surface area contributed by atoms with Crippen LogP contribution in [0.25, 0.3) is 0 Å². The molecule has 5 atom stereocenters. The van der Waals surface area contributed by atoms with Crippen molar-refractivity contribution in [1.29, 1.82) is 0 Å². The molecule has 5 unspecified atom stereocenters. The third-order valence-corrected chi connectivity index (χ3v) is 5.31. The van der Waals surface area contributed by atoms with E-state index in [0.29, 0.717) is 24.7 Å². The van der Waals surface area contributed by atoms with Crippen LogP contribution in [0.1, 0.15) is 32.1 Å². The number of carboxylic acid groups (broad SMARTS) is 1. The Hall–Kier alpha value is -1.32. The van der Waals surface area contributed by atoms with Crippen LogP contribution in [0.4, 0.5) is 0 Å². The SMILES string of the molecule is C=CCCC(NC(=O)C1C2C3CCC(C3)C12)C(=O)O. The van der Waals surface area contributed by atoms with E-state index in [1.54, 1.807) is 6.08 Å². The summed E-state index contributed by atoms with van der Waals surface area (Å²) in [7, 11) is 0. The van der Waals surface area contributed by atoms with Gasteiger partial charge in [0, 0.05) is 5.92 Å². The van der Waals surface area contributed by atoms with E-state index < -0.39 is 12.0 Å². The summed E-state index contributed by atoms with van der Waals surface area (Å²) < 4.78 is 0. The van der Waals surface area contributed by atoms with Crippen molar-refractivity contribution in [2.75, 3.05) is 0 Å². The molecule has 4 nitrogen and oxygen atoms in total. The number of nitrogens with one attached hydrogen (secondary N) is 1. The maximum atomic E-state index is 12.2. The van der Waals surface area contributed by atoms with Gasteiger partial charge in [-0.25, -0.2) is 4.79 Å². The second-order valence-electron chi connectivity index (χ2n) is 6.28. The topological polar surface area (TPSA) is 66.4 Å². The first-order chi connectivity index (χ1) is 9.13. The molecule has 3 fully saturated rings. The Labute approximate surface area is 113 Å². The number of rotatable bonds is 6. The fourth-order valence-corrected chi connectivity index (χ4v) is 4.49. The van der Waals surface area contributed by atoms with Crippen molar-refractivity contribution in [1.82, 2.24) is 5.32 Å². The normalized spacial score (nSPS) is 39.5. The molecule has 0 aliphatic heterocycles. The highest BCUT2D eigenvalue weighted by molar-refractivity contribution is 5.87. The molecule has 0 aromatic heterocycles. The van der Waals surface area contributed by atoms with Gasteiger partial charge in [-0.3, -0.25) is 4.79 Å². The van der Waals surface area contributed by atoms with E-state index in [4.69, 9.17) is 5.11 Å². The van der Waals surface area contributed by atoms with Crippen LogP contribution < -0.4 is 5.32 Å². The summed E-state index contributed by atoms with van der Waals surface area (Å²) >= 11 is 0. The Morgan fingerprint density at radius 2 is 1.95 bits per heavy atom. The second-order valence-corrected chi connectivity index (χ2v) is 6.28. The van der Waals surface area contributed by atoms with E-state index in [9.17, 15) is 9.59 Å². The minimum Gasteiger partial charge on any atom is -0.480 e. The number of carboxylic acids is 1. The first-order valence-corrected chi connectivity index (χ1v) is 7.27. The Kier molecular flexibility index (Phi) is 3.11. The molecule has 4 heteroatoms. The Bertz CT molecular complexity index is 404. The molecule has 0 saturated heterocycles. The number of aliphatic carboxylic acids is 1. The number of allylic oxidation sites excluding steroid dienone is 1. The molecule has 3 aliphatic carbocycles. The molecule has 3 saturated carbocycles. The van der Waals surface area contributed by atoms with Crippen molar-refractivity contribution < 1.29 is 14.7 Å². The number of hydrogen-bond donors (Lipinski definition) is 2. The van der Waals surface area contributed by atoms with Crippen molar-refractivity contribution in [3.63, 3.8) is 0 Å². The van der Waals surface area contributed by atoms with Gasteiger partial charge in [0.1, 0.15) is 6.04 Å². The summed E-state index contributed by atoms with van der Waals surface area (Å²) in [5.41, 5.74) is 0. The number of hydrogen-bond acceptors (Lipinski definition) is 2. The fourth-order valence-electron chi connectivity index (χ4n) is 4.49. The Balaban J connectivity index is 1.56. The zero-order valence-electron chi connectivity index (χ0n) is 11.0. The monoisotopic (exact) mass is 263 g/mol. The molecule has 2 N–H and O–H groups in total. The molecule has 0 heterocycles. The first-order valence-electron chi connectivity index (χ1n) is 7.27. The van der Waals surface area contributed by atoms with Crippen molar-refractivity contribution in [3.8, 4) is 0 Å². The summed E-state index contributed by atoms with van der Waals surface area (Å²) in [6.07, 6.45) is 6.58. The number of carbonyl (C=O) groups excluding carboxylic acids is 1. The van der Waals surface area contributed by atoms with E-state index in [-0.39, 0.29) is 11.8 Å². The van der Waals surface area contributed by atoms with E-state index in [2.05, 4.69) is 11.9 Å². The highest BCUT2D eigenvalue weighted by atomic mass is 16.4. The van der Waals surface area contributed by atoms with Crippen molar-refractivity contribution in [2.24, 2.45) is 29.6 Å². The van der Waals surface area contributed by atoms with Crippen LogP contribution in [0.15, 0.2) is 12.7 Å². The lowest BCUT2D eigenvalue weighted by Crippen LogP contribution is -2.42. The van der Waals surface area contributed by atoms with Crippen LogP contribution >= 0.6 is 0 Å². The van der Waals surface area contributed by atoms with Gasteiger partial charge in [0.25, 0.3) is 0 Å².